The molecule has 6 nitrogen and oxygen atoms in total. The Morgan fingerprint density at radius 3 is 2.57 bits per heavy atom. The van der Waals surface area contributed by atoms with Crippen LogP contribution in [0.1, 0.15) is 125 Å². The van der Waals surface area contributed by atoms with Gasteiger partial charge in [-0.15, -0.1) is 0 Å². The molecule has 0 aromatic carbocycles. The molecule has 0 aromatic rings. The van der Waals surface area contributed by atoms with Crippen LogP contribution in [-0.4, -0.2) is 62.3 Å². The third kappa shape index (κ3) is 7.76. The SMILES string of the molecule is CC(C)CCC[C@@H](C)C1CC[C@H]2C3CC=C4C[C@@H](OC(=O)CCCC(=O)NCCN5CCOCC5)CC[C@]4(C)C3CC[C@]12C. The summed E-state index contributed by atoms with van der Waals surface area (Å²) in [7, 11) is 0. The van der Waals surface area contributed by atoms with Crippen molar-refractivity contribution in [2.24, 2.45) is 46.3 Å². The number of amides is 1. The molecule has 0 aromatic heterocycles. The highest BCUT2D eigenvalue weighted by atomic mass is 16.5. The summed E-state index contributed by atoms with van der Waals surface area (Å²) in [5, 5.41) is 3.00. The molecule has 250 valence electrons. The Morgan fingerprint density at radius 2 is 1.80 bits per heavy atom. The number of morpholine rings is 1. The maximum atomic E-state index is 12.7. The summed E-state index contributed by atoms with van der Waals surface area (Å²) in [5.74, 6) is 4.95. The van der Waals surface area contributed by atoms with Crippen LogP contribution in [0, 0.1) is 46.3 Å². The lowest BCUT2D eigenvalue weighted by Crippen LogP contribution is -2.51. The third-order valence-corrected chi connectivity index (χ3v) is 13.2. The topological polar surface area (TPSA) is 67.9 Å². The van der Waals surface area contributed by atoms with Crippen molar-refractivity contribution < 1.29 is 19.1 Å². The smallest absolute Gasteiger partial charge is 0.306 e. The van der Waals surface area contributed by atoms with Crippen molar-refractivity contribution in [2.75, 3.05) is 39.4 Å². The van der Waals surface area contributed by atoms with Gasteiger partial charge in [-0.25, -0.2) is 0 Å². The van der Waals surface area contributed by atoms with Crippen molar-refractivity contribution in [1.82, 2.24) is 10.2 Å². The van der Waals surface area contributed by atoms with E-state index >= 15 is 0 Å². The maximum Gasteiger partial charge on any atom is 0.306 e. The maximum absolute atomic E-state index is 12.7. The van der Waals surface area contributed by atoms with E-state index in [0.717, 1.165) is 87.6 Å². The number of nitrogens with zero attached hydrogens (tertiary/aromatic N) is 1. The molecule has 0 spiro atoms. The average molecular weight is 613 g/mol. The van der Waals surface area contributed by atoms with Crippen LogP contribution < -0.4 is 5.32 Å². The molecule has 4 aliphatic carbocycles. The lowest BCUT2D eigenvalue weighted by molar-refractivity contribution is -0.151. The van der Waals surface area contributed by atoms with E-state index in [1.807, 2.05) is 0 Å². The fourth-order valence-corrected chi connectivity index (χ4v) is 10.7. The summed E-state index contributed by atoms with van der Waals surface area (Å²) in [6, 6.07) is 0. The van der Waals surface area contributed by atoms with Crippen LogP contribution in [0.5, 0.6) is 0 Å². The number of allylic oxidation sites excluding steroid dienone is 1. The van der Waals surface area contributed by atoms with E-state index < -0.39 is 0 Å². The highest BCUT2D eigenvalue weighted by Gasteiger charge is 2.59. The standard InChI is InChI=1S/C38H64N2O4/c1-27(2)8-6-9-28(3)32-14-15-33-31-13-12-29-26-30(16-18-37(29,4)34(31)17-19-38(32,33)5)44-36(42)11-7-10-35(41)39-20-21-40-22-24-43-25-23-40/h12,27-28,30-34H,6-11,13-26H2,1-5H3,(H,39,41)/t28-,30+,31?,32?,33+,34?,37+,38-/m1/s1. The van der Waals surface area contributed by atoms with Crippen LogP contribution in [0.4, 0.5) is 0 Å². The number of hydrogen-bond donors (Lipinski definition) is 1. The number of ether oxygens (including phenoxy) is 2. The molecule has 5 rings (SSSR count). The zero-order chi connectivity index (χ0) is 31.3. The van der Waals surface area contributed by atoms with E-state index in [1.165, 1.54) is 51.4 Å². The highest BCUT2D eigenvalue weighted by molar-refractivity contribution is 5.77. The molecule has 1 N–H and O–H groups in total. The Balaban J connectivity index is 1.06. The molecule has 1 aliphatic heterocycles. The molecule has 1 amide bonds. The summed E-state index contributed by atoms with van der Waals surface area (Å²) in [5.41, 5.74) is 2.36. The largest absolute Gasteiger partial charge is 0.462 e. The van der Waals surface area contributed by atoms with E-state index in [-0.39, 0.29) is 23.4 Å². The number of fused-ring (bicyclic) bond motifs is 5. The lowest BCUT2D eigenvalue weighted by atomic mass is 9.47. The third-order valence-electron chi connectivity index (χ3n) is 13.2. The van der Waals surface area contributed by atoms with Gasteiger partial charge in [0.05, 0.1) is 13.2 Å². The molecule has 0 radical (unpaired) electrons. The van der Waals surface area contributed by atoms with Crippen LogP contribution in [0.3, 0.4) is 0 Å². The van der Waals surface area contributed by atoms with Gasteiger partial charge in [0, 0.05) is 45.4 Å². The first kappa shape index (κ1) is 33.9. The number of carbonyl (C=O) groups is 2. The fraction of sp³-hybridized carbons (Fsp3) is 0.895. The van der Waals surface area contributed by atoms with Gasteiger partial charge in [0.25, 0.3) is 0 Å². The van der Waals surface area contributed by atoms with Gasteiger partial charge in [-0.2, -0.15) is 0 Å². The summed E-state index contributed by atoms with van der Waals surface area (Å²) in [4.78, 5) is 27.3. The minimum absolute atomic E-state index is 0.00266. The van der Waals surface area contributed by atoms with Crippen molar-refractivity contribution in [2.45, 2.75) is 131 Å². The second-order valence-electron chi connectivity index (χ2n) is 16.3. The van der Waals surface area contributed by atoms with Crippen LogP contribution >= 0.6 is 0 Å². The van der Waals surface area contributed by atoms with Crippen molar-refractivity contribution in [3.05, 3.63) is 11.6 Å². The molecule has 3 unspecified atom stereocenters. The molecule has 1 heterocycles. The van der Waals surface area contributed by atoms with Crippen LogP contribution in [0.15, 0.2) is 11.6 Å². The minimum atomic E-state index is -0.137. The second-order valence-corrected chi connectivity index (χ2v) is 16.3. The molecule has 3 saturated carbocycles. The minimum Gasteiger partial charge on any atom is -0.462 e. The van der Waals surface area contributed by atoms with Gasteiger partial charge in [-0.1, -0.05) is 65.5 Å². The Kier molecular flexibility index (Phi) is 11.6. The summed E-state index contributed by atoms with van der Waals surface area (Å²) in [6.45, 7) is 17.4. The summed E-state index contributed by atoms with van der Waals surface area (Å²) >= 11 is 0. The first-order valence-corrected chi connectivity index (χ1v) is 18.6. The Hall–Kier alpha value is -1.40. The van der Waals surface area contributed by atoms with Gasteiger partial charge in [-0.3, -0.25) is 14.5 Å². The van der Waals surface area contributed by atoms with Crippen molar-refractivity contribution in [3.8, 4) is 0 Å². The number of carbonyl (C=O) groups excluding carboxylic acids is 2. The predicted molar refractivity (Wildman–Crippen MR) is 177 cm³/mol. The Bertz CT molecular complexity index is 1000. The van der Waals surface area contributed by atoms with E-state index in [2.05, 4.69) is 50.9 Å². The monoisotopic (exact) mass is 612 g/mol. The Labute approximate surface area is 268 Å². The second kappa shape index (κ2) is 15.0. The molecule has 4 fully saturated rings. The van der Waals surface area contributed by atoms with Gasteiger partial charge in [-0.05, 0) is 97.7 Å². The zero-order valence-corrected chi connectivity index (χ0v) is 28.8. The zero-order valence-electron chi connectivity index (χ0n) is 28.8. The Morgan fingerprint density at radius 1 is 1.00 bits per heavy atom. The van der Waals surface area contributed by atoms with Crippen molar-refractivity contribution >= 4 is 11.9 Å². The number of hydrogen-bond acceptors (Lipinski definition) is 5. The summed E-state index contributed by atoms with van der Waals surface area (Å²) in [6.07, 6.45) is 17.9. The van der Waals surface area contributed by atoms with Crippen molar-refractivity contribution in [3.63, 3.8) is 0 Å². The van der Waals surface area contributed by atoms with E-state index in [1.54, 1.807) is 5.57 Å². The average Bonchev–Trinajstić information content (AvgIpc) is 3.35. The van der Waals surface area contributed by atoms with Crippen LogP contribution in [0.2, 0.25) is 0 Å². The predicted octanol–water partition coefficient (Wildman–Crippen LogP) is 7.56. The molecule has 8 atom stereocenters. The molecule has 5 aliphatic rings. The fourth-order valence-electron chi connectivity index (χ4n) is 10.7. The van der Waals surface area contributed by atoms with E-state index in [9.17, 15) is 9.59 Å². The van der Waals surface area contributed by atoms with E-state index in [4.69, 9.17) is 9.47 Å². The van der Waals surface area contributed by atoms with E-state index in [0.29, 0.717) is 31.2 Å². The lowest BCUT2D eigenvalue weighted by Gasteiger charge is -2.58. The molecular formula is C38H64N2O4. The molecule has 6 heteroatoms. The molecular weight excluding hydrogens is 548 g/mol. The normalized spacial score (nSPS) is 36.1. The van der Waals surface area contributed by atoms with Crippen molar-refractivity contribution in [1.29, 1.82) is 0 Å². The first-order valence-electron chi connectivity index (χ1n) is 18.6. The van der Waals surface area contributed by atoms with Crippen LogP contribution in [0.25, 0.3) is 0 Å². The van der Waals surface area contributed by atoms with Gasteiger partial charge in [0.2, 0.25) is 5.91 Å². The number of nitrogens with one attached hydrogen (secondary N) is 1. The van der Waals surface area contributed by atoms with Gasteiger partial charge in [0.15, 0.2) is 0 Å². The first-order chi connectivity index (χ1) is 21.1. The molecule has 1 saturated heterocycles. The van der Waals surface area contributed by atoms with Gasteiger partial charge >= 0.3 is 5.97 Å². The highest BCUT2D eigenvalue weighted by Crippen LogP contribution is 2.67. The van der Waals surface area contributed by atoms with Crippen LogP contribution in [-0.2, 0) is 19.1 Å². The molecule has 0 bridgehead atoms. The quantitative estimate of drug-likeness (QED) is 0.172. The number of rotatable bonds is 13. The van der Waals surface area contributed by atoms with Gasteiger partial charge in [0.1, 0.15) is 6.10 Å². The summed E-state index contributed by atoms with van der Waals surface area (Å²) < 4.78 is 11.4. The molecule has 44 heavy (non-hydrogen) atoms. The number of esters is 1. The van der Waals surface area contributed by atoms with Gasteiger partial charge < -0.3 is 14.8 Å².